The van der Waals surface area contributed by atoms with Gasteiger partial charge in [-0.05, 0) is 79.1 Å². The minimum Gasteiger partial charge on any atom is -0.460 e. The fourth-order valence-corrected chi connectivity index (χ4v) is 7.73. The number of hydrogen-bond acceptors (Lipinski definition) is 12. The highest BCUT2D eigenvalue weighted by Crippen LogP contribution is 2.33. The molecule has 310 valence electrons. The smallest absolute Gasteiger partial charge is 0.307 e. The van der Waals surface area contributed by atoms with E-state index in [1.807, 2.05) is 41.5 Å². The van der Waals surface area contributed by atoms with E-state index in [1.54, 1.807) is 0 Å². The minimum absolute atomic E-state index is 0.0548. The molecule has 3 N–H and O–H groups in total. The molecule has 0 aliphatic heterocycles. The predicted octanol–water partition coefficient (Wildman–Crippen LogP) is 8.76. The highest BCUT2D eigenvalue weighted by atomic mass is 16.6. The molecule has 0 spiro atoms. The first-order chi connectivity index (χ1) is 26.2. The van der Waals surface area contributed by atoms with Crippen molar-refractivity contribution in [1.82, 2.24) is 25.6 Å². The van der Waals surface area contributed by atoms with Crippen LogP contribution in [0.3, 0.4) is 0 Å². The van der Waals surface area contributed by atoms with Crippen LogP contribution in [0.25, 0.3) is 0 Å². The van der Waals surface area contributed by atoms with Gasteiger partial charge >= 0.3 is 11.9 Å². The van der Waals surface area contributed by atoms with Gasteiger partial charge < -0.3 is 29.6 Å². The van der Waals surface area contributed by atoms with Crippen LogP contribution in [0, 0.1) is 17.8 Å². The molecule has 2 aromatic heterocycles. The number of nitrogens with two attached hydrogens (primary N) is 1. The second-order valence-electron chi connectivity index (χ2n) is 18.1. The van der Waals surface area contributed by atoms with Crippen LogP contribution in [0.1, 0.15) is 205 Å². The molecule has 2 atom stereocenters. The van der Waals surface area contributed by atoms with E-state index in [4.69, 9.17) is 24.3 Å². The maximum Gasteiger partial charge on any atom is 0.307 e. The number of nitrogens with zero attached hydrogens (tertiary/aromatic N) is 4. The molecule has 3 aliphatic rings. The molecule has 2 heterocycles. The van der Waals surface area contributed by atoms with Crippen molar-refractivity contribution in [3.63, 3.8) is 0 Å². The zero-order valence-electron chi connectivity index (χ0n) is 34.7. The Kier molecular flexibility index (Phi) is 17.6. The monoisotopic (exact) mass is 771 g/mol. The Balaban J connectivity index is 0.000000249. The van der Waals surface area contributed by atoms with Crippen LogP contribution in [0.15, 0.2) is 9.05 Å². The Hall–Kier alpha value is -3.35. The zero-order valence-corrected chi connectivity index (χ0v) is 34.7. The minimum atomic E-state index is -0.517. The van der Waals surface area contributed by atoms with Crippen LogP contribution in [-0.2, 0) is 36.9 Å². The van der Waals surface area contributed by atoms with Crippen molar-refractivity contribution in [2.24, 2.45) is 23.5 Å². The van der Waals surface area contributed by atoms with Crippen LogP contribution in [0.5, 0.6) is 0 Å². The number of esters is 2. The van der Waals surface area contributed by atoms with Crippen molar-refractivity contribution in [3.8, 4) is 0 Å². The van der Waals surface area contributed by atoms with E-state index >= 15 is 0 Å². The van der Waals surface area contributed by atoms with Crippen LogP contribution in [-0.4, -0.2) is 49.3 Å². The van der Waals surface area contributed by atoms with Gasteiger partial charge in [0.2, 0.25) is 17.7 Å². The van der Waals surface area contributed by atoms with E-state index in [0.29, 0.717) is 23.4 Å². The topological polar surface area (TPSA) is 186 Å². The van der Waals surface area contributed by atoms with E-state index in [1.165, 1.54) is 77.0 Å². The molecule has 0 aromatic carbocycles. The Morgan fingerprint density at radius 2 is 1.13 bits per heavy atom. The van der Waals surface area contributed by atoms with Gasteiger partial charge in [-0.3, -0.25) is 14.4 Å². The maximum absolute atomic E-state index is 12.4. The summed E-state index contributed by atoms with van der Waals surface area (Å²) >= 11 is 0. The molecule has 5 rings (SSSR count). The lowest BCUT2D eigenvalue weighted by Crippen LogP contribution is -2.25. The molecule has 0 unspecified atom stereocenters. The number of carbonyl (C=O) groups is 3. The maximum atomic E-state index is 12.4. The first-order valence-electron chi connectivity index (χ1n) is 21.2. The van der Waals surface area contributed by atoms with E-state index in [9.17, 15) is 14.4 Å². The van der Waals surface area contributed by atoms with Gasteiger partial charge in [0.1, 0.15) is 11.2 Å². The summed E-state index contributed by atoms with van der Waals surface area (Å²) in [6, 6.07) is 0. The van der Waals surface area contributed by atoms with Gasteiger partial charge in [-0.2, -0.15) is 9.97 Å². The summed E-state index contributed by atoms with van der Waals surface area (Å²) in [5.41, 5.74) is 4.57. The second kappa shape index (κ2) is 21.8. The quantitative estimate of drug-likeness (QED) is 0.138. The summed E-state index contributed by atoms with van der Waals surface area (Å²) in [4.78, 5) is 45.3. The van der Waals surface area contributed by atoms with E-state index < -0.39 is 11.2 Å². The fraction of sp³-hybridized carbons (Fsp3) is 0.833. The summed E-state index contributed by atoms with van der Waals surface area (Å²) < 4.78 is 21.8. The summed E-state index contributed by atoms with van der Waals surface area (Å²) in [7, 11) is 0. The van der Waals surface area contributed by atoms with Crippen molar-refractivity contribution >= 4 is 17.8 Å². The zero-order chi connectivity index (χ0) is 39.8. The number of amides is 1. The number of hydrogen-bond donors (Lipinski definition) is 2. The lowest BCUT2D eigenvalue weighted by atomic mass is 9.84. The van der Waals surface area contributed by atoms with Gasteiger partial charge in [-0.15, -0.1) is 0 Å². The molecule has 13 heteroatoms. The molecular formula is C42H70N6O7. The second-order valence-corrected chi connectivity index (χ2v) is 18.1. The van der Waals surface area contributed by atoms with Crippen molar-refractivity contribution in [2.45, 2.75) is 206 Å². The van der Waals surface area contributed by atoms with Gasteiger partial charge in [0, 0.05) is 17.8 Å². The predicted molar refractivity (Wildman–Crippen MR) is 208 cm³/mol. The van der Waals surface area contributed by atoms with E-state index in [-0.39, 0.29) is 61.5 Å². The largest absolute Gasteiger partial charge is 0.460 e. The average Bonchev–Trinajstić information content (AvgIpc) is 3.68. The molecule has 55 heavy (non-hydrogen) atoms. The molecule has 1 amide bonds. The Labute approximate surface area is 328 Å². The summed E-state index contributed by atoms with van der Waals surface area (Å²) in [5.74, 6) is 3.06. The normalized spacial score (nSPS) is 18.2. The van der Waals surface area contributed by atoms with Gasteiger partial charge in [0.25, 0.3) is 0 Å². The van der Waals surface area contributed by atoms with Gasteiger partial charge in [0.05, 0.1) is 25.9 Å². The third-order valence-corrected chi connectivity index (χ3v) is 10.7. The summed E-state index contributed by atoms with van der Waals surface area (Å²) in [6.07, 6.45) is 22.1. The third-order valence-electron chi connectivity index (χ3n) is 10.7. The number of ether oxygens (including phenoxy) is 2. The number of rotatable bonds is 18. The molecular weight excluding hydrogens is 700 g/mol. The van der Waals surface area contributed by atoms with Gasteiger partial charge in [-0.1, -0.05) is 100 Å². The molecule has 3 saturated carbocycles. The summed E-state index contributed by atoms with van der Waals surface area (Å²) in [5, 5.41) is 10.7. The molecule has 0 saturated heterocycles. The van der Waals surface area contributed by atoms with Crippen LogP contribution in [0.4, 0.5) is 0 Å². The Morgan fingerprint density at radius 3 is 1.53 bits per heavy atom. The Morgan fingerprint density at radius 1 is 0.691 bits per heavy atom. The highest BCUT2D eigenvalue weighted by Gasteiger charge is 2.31. The molecule has 2 aromatic rings. The first kappa shape index (κ1) is 44.4. The molecule has 3 aliphatic carbocycles. The molecule has 0 bridgehead atoms. The number of nitrogens with one attached hydrogen (secondary N) is 1. The number of carbonyl (C=O) groups excluding carboxylic acids is 3. The molecule has 3 fully saturated rings. The fourth-order valence-electron chi connectivity index (χ4n) is 7.73. The highest BCUT2D eigenvalue weighted by molar-refractivity contribution is 5.80. The van der Waals surface area contributed by atoms with Crippen LogP contribution in [0.2, 0.25) is 0 Å². The first-order valence-corrected chi connectivity index (χ1v) is 21.2. The standard InChI is InChI=1S/C23H37N3O4.C19H33N3O3/c1-23(2,3)29-20(27)14-18(11-7-10-16-8-5-4-6-9-16)22-25-19(26-30-22)15-24-21(28)17-12-13-17;1-19(2,3)24-17(23)12-15(18-21-16(13-20)22-25-18)11-7-10-14-8-5-4-6-9-14/h16-18H,4-15H2,1-3H3,(H,24,28);14-15H,4-13,20H2,1-3H3/t18-;15-/m11/s1. The van der Waals surface area contributed by atoms with Crippen molar-refractivity contribution < 1.29 is 32.9 Å². The lowest BCUT2D eigenvalue weighted by molar-refractivity contribution is -0.156. The third kappa shape index (κ3) is 17.5. The molecule has 0 radical (unpaired) electrons. The summed E-state index contributed by atoms with van der Waals surface area (Å²) in [6.45, 7) is 11.8. The van der Waals surface area contributed by atoms with Gasteiger partial charge in [-0.25, -0.2) is 0 Å². The SMILES string of the molecule is CC(C)(C)OC(=O)C[C@@H](CCCC1CCCCC1)c1nc(CN)no1.CC(C)(C)OC(=O)C[C@@H](CCCC1CCCCC1)c1nc(CNC(=O)C2CC2)no1. The van der Waals surface area contributed by atoms with Gasteiger partial charge in [0.15, 0.2) is 11.6 Å². The average molecular weight is 771 g/mol. The van der Waals surface area contributed by atoms with Crippen molar-refractivity contribution in [1.29, 1.82) is 0 Å². The Bertz CT molecular complexity index is 1440. The van der Waals surface area contributed by atoms with E-state index in [0.717, 1.165) is 50.4 Å². The number of aromatic nitrogens is 4. The van der Waals surface area contributed by atoms with Crippen molar-refractivity contribution in [2.75, 3.05) is 0 Å². The van der Waals surface area contributed by atoms with Crippen LogP contribution >= 0.6 is 0 Å². The van der Waals surface area contributed by atoms with Crippen LogP contribution < -0.4 is 11.1 Å². The van der Waals surface area contributed by atoms with Crippen molar-refractivity contribution in [3.05, 3.63) is 23.4 Å². The lowest BCUT2D eigenvalue weighted by Gasteiger charge is -2.23. The molecule has 13 nitrogen and oxygen atoms in total. The van der Waals surface area contributed by atoms with E-state index in [2.05, 4.69) is 25.6 Å².